The molecule has 0 aliphatic heterocycles. The number of benzene rings is 1. The second-order valence-corrected chi connectivity index (χ2v) is 5.07. The van der Waals surface area contributed by atoms with Crippen molar-refractivity contribution in [1.82, 2.24) is 4.98 Å². The molecule has 0 saturated heterocycles. The molecule has 5 heteroatoms. The molecule has 18 heavy (non-hydrogen) atoms. The molecule has 0 aliphatic carbocycles. The highest BCUT2D eigenvalue weighted by Gasteiger charge is 2.12. The average Bonchev–Trinajstić information content (AvgIpc) is 2.97. The van der Waals surface area contributed by atoms with Gasteiger partial charge in [0, 0.05) is 4.88 Å². The molecule has 2 heterocycles. The third kappa shape index (κ3) is 1.93. The third-order valence-electron chi connectivity index (χ3n) is 2.76. The number of anilines is 2. The van der Waals surface area contributed by atoms with E-state index in [9.17, 15) is 0 Å². The smallest absolute Gasteiger partial charge is 0.296 e. The maximum atomic E-state index is 5.85. The number of oxazole rings is 1. The Morgan fingerprint density at radius 3 is 2.94 bits per heavy atom. The van der Waals surface area contributed by atoms with E-state index in [1.165, 1.54) is 4.88 Å². The fourth-order valence-corrected chi connectivity index (χ4v) is 2.56. The summed E-state index contributed by atoms with van der Waals surface area (Å²) in [5.74, 6) is 0. The summed E-state index contributed by atoms with van der Waals surface area (Å²) in [6.45, 7) is 2.07. The van der Waals surface area contributed by atoms with Crippen LogP contribution in [0.1, 0.15) is 17.8 Å². The molecule has 0 bridgehead atoms. The van der Waals surface area contributed by atoms with Crippen LogP contribution in [0, 0.1) is 0 Å². The van der Waals surface area contributed by atoms with Crippen molar-refractivity contribution >= 4 is 34.1 Å². The van der Waals surface area contributed by atoms with Crippen LogP contribution in [0.3, 0.4) is 0 Å². The van der Waals surface area contributed by atoms with E-state index in [1.807, 2.05) is 24.3 Å². The van der Waals surface area contributed by atoms with Crippen LogP contribution < -0.4 is 11.1 Å². The summed E-state index contributed by atoms with van der Waals surface area (Å²) in [5.41, 5.74) is 7.89. The van der Waals surface area contributed by atoms with Gasteiger partial charge >= 0.3 is 0 Å². The normalized spacial score (nSPS) is 12.7. The zero-order valence-corrected chi connectivity index (χ0v) is 10.7. The number of rotatable bonds is 3. The fraction of sp³-hybridized carbons (Fsp3) is 0.154. The Hall–Kier alpha value is -2.01. The number of hydrogen-bond donors (Lipinski definition) is 2. The van der Waals surface area contributed by atoms with Crippen LogP contribution in [0.2, 0.25) is 0 Å². The molecule has 3 N–H and O–H groups in total. The number of nitrogens with one attached hydrogen (secondary N) is 1. The van der Waals surface area contributed by atoms with Crippen LogP contribution in [0.15, 0.2) is 40.1 Å². The average molecular weight is 259 g/mol. The molecular weight excluding hydrogens is 246 g/mol. The Morgan fingerprint density at radius 2 is 2.22 bits per heavy atom. The van der Waals surface area contributed by atoms with Crippen LogP contribution >= 0.6 is 11.3 Å². The number of thiophene rings is 1. The van der Waals surface area contributed by atoms with E-state index in [0.29, 0.717) is 22.8 Å². The predicted octanol–water partition coefficient (Wildman–Crippen LogP) is 3.64. The first-order valence-corrected chi connectivity index (χ1v) is 6.57. The van der Waals surface area contributed by atoms with Crippen molar-refractivity contribution in [3.05, 3.63) is 40.6 Å². The first-order chi connectivity index (χ1) is 8.74. The topological polar surface area (TPSA) is 64.1 Å². The highest BCUT2D eigenvalue weighted by molar-refractivity contribution is 7.10. The zero-order chi connectivity index (χ0) is 12.5. The summed E-state index contributed by atoms with van der Waals surface area (Å²) in [4.78, 5) is 5.60. The summed E-state index contributed by atoms with van der Waals surface area (Å²) < 4.78 is 5.62. The molecule has 1 aromatic carbocycles. The number of fused-ring (bicyclic) bond motifs is 1. The Labute approximate surface area is 108 Å². The van der Waals surface area contributed by atoms with E-state index in [0.717, 1.165) is 0 Å². The van der Waals surface area contributed by atoms with Crippen molar-refractivity contribution in [2.75, 3.05) is 11.1 Å². The summed E-state index contributed by atoms with van der Waals surface area (Å²) in [6, 6.07) is 10.3. The highest BCUT2D eigenvalue weighted by Crippen LogP contribution is 2.27. The number of nitrogens with zero attached hydrogens (tertiary/aromatic N) is 1. The molecule has 0 radical (unpaired) electrons. The van der Waals surface area contributed by atoms with Gasteiger partial charge in [-0.05, 0) is 30.5 Å². The van der Waals surface area contributed by atoms with Gasteiger partial charge in [0.25, 0.3) is 6.01 Å². The third-order valence-corrected chi connectivity index (χ3v) is 3.82. The fourth-order valence-electron chi connectivity index (χ4n) is 1.83. The standard InChI is InChI=1S/C13H13N3OS/c1-8(11-6-3-7-18-11)15-13-16-12-9(14)4-2-5-10(12)17-13/h2-8H,14H2,1H3,(H,15,16). The van der Waals surface area contributed by atoms with E-state index in [-0.39, 0.29) is 6.04 Å². The van der Waals surface area contributed by atoms with Gasteiger partial charge in [-0.1, -0.05) is 12.1 Å². The van der Waals surface area contributed by atoms with E-state index >= 15 is 0 Å². The molecule has 92 valence electrons. The molecule has 0 amide bonds. The van der Waals surface area contributed by atoms with Gasteiger partial charge in [-0.3, -0.25) is 0 Å². The van der Waals surface area contributed by atoms with Gasteiger partial charge in [0.15, 0.2) is 5.58 Å². The second-order valence-electron chi connectivity index (χ2n) is 4.09. The Kier molecular flexibility index (Phi) is 2.68. The molecule has 0 spiro atoms. The van der Waals surface area contributed by atoms with Crippen LogP contribution in [-0.4, -0.2) is 4.98 Å². The number of nitrogens with two attached hydrogens (primary N) is 1. The Morgan fingerprint density at radius 1 is 1.33 bits per heavy atom. The van der Waals surface area contributed by atoms with Gasteiger partial charge in [0.05, 0.1) is 11.7 Å². The minimum atomic E-state index is 0.166. The molecule has 1 unspecified atom stereocenters. The first kappa shape index (κ1) is 11.1. The first-order valence-electron chi connectivity index (χ1n) is 5.69. The van der Waals surface area contributed by atoms with E-state index in [1.54, 1.807) is 11.3 Å². The molecule has 2 aromatic heterocycles. The van der Waals surface area contributed by atoms with E-state index in [4.69, 9.17) is 10.2 Å². The predicted molar refractivity (Wildman–Crippen MR) is 74.8 cm³/mol. The second kappa shape index (κ2) is 4.34. The van der Waals surface area contributed by atoms with E-state index < -0.39 is 0 Å². The van der Waals surface area contributed by atoms with Crippen LogP contribution in [-0.2, 0) is 0 Å². The maximum absolute atomic E-state index is 5.85. The number of aromatic nitrogens is 1. The summed E-state index contributed by atoms with van der Waals surface area (Å²) >= 11 is 1.70. The maximum Gasteiger partial charge on any atom is 0.296 e. The van der Waals surface area contributed by atoms with Crippen LogP contribution in [0.4, 0.5) is 11.7 Å². The number of nitrogen functional groups attached to an aromatic ring is 1. The van der Waals surface area contributed by atoms with Crippen molar-refractivity contribution in [1.29, 1.82) is 0 Å². The molecule has 0 fully saturated rings. The van der Waals surface area contributed by atoms with Gasteiger partial charge in [0.1, 0.15) is 5.52 Å². The highest BCUT2D eigenvalue weighted by atomic mass is 32.1. The summed E-state index contributed by atoms with van der Waals surface area (Å²) in [7, 11) is 0. The summed E-state index contributed by atoms with van der Waals surface area (Å²) in [6.07, 6.45) is 0. The molecule has 4 nitrogen and oxygen atoms in total. The molecule has 0 aliphatic rings. The van der Waals surface area contributed by atoms with Gasteiger partial charge in [-0.2, -0.15) is 4.98 Å². The van der Waals surface area contributed by atoms with Crippen LogP contribution in [0.5, 0.6) is 0 Å². The van der Waals surface area contributed by atoms with Crippen molar-refractivity contribution in [3.8, 4) is 0 Å². The minimum absolute atomic E-state index is 0.166. The lowest BCUT2D eigenvalue weighted by atomic mass is 10.3. The Balaban J connectivity index is 1.89. The van der Waals surface area contributed by atoms with Gasteiger partial charge in [-0.25, -0.2) is 0 Å². The van der Waals surface area contributed by atoms with Crippen molar-refractivity contribution < 1.29 is 4.42 Å². The molecule has 1 atom stereocenters. The summed E-state index contributed by atoms with van der Waals surface area (Å²) in [5, 5.41) is 5.29. The largest absolute Gasteiger partial charge is 0.423 e. The van der Waals surface area contributed by atoms with Crippen molar-refractivity contribution in [3.63, 3.8) is 0 Å². The zero-order valence-electron chi connectivity index (χ0n) is 9.88. The minimum Gasteiger partial charge on any atom is -0.423 e. The lowest BCUT2D eigenvalue weighted by Crippen LogP contribution is -2.04. The van der Waals surface area contributed by atoms with Crippen molar-refractivity contribution in [2.24, 2.45) is 0 Å². The number of para-hydroxylation sites is 1. The molecular formula is C13H13N3OS. The van der Waals surface area contributed by atoms with Crippen molar-refractivity contribution in [2.45, 2.75) is 13.0 Å². The molecule has 3 rings (SSSR count). The van der Waals surface area contributed by atoms with E-state index in [2.05, 4.69) is 28.7 Å². The number of hydrogen-bond acceptors (Lipinski definition) is 5. The quantitative estimate of drug-likeness (QED) is 0.705. The monoisotopic (exact) mass is 259 g/mol. The molecule has 0 saturated carbocycles. The van der Waals surface area contributed by atoms with Gasteiger partial charge in [0.2, 0.25) is 0 Å². The Bertz CT molecular complexity index is 660. The lowest BCUT2D eigenvalue weighted by Gasteiger charge is -2.08. The lowest BCUT2D eigenvalue weighted by molar-refractivity contribution is 0.605. The van der Waals surface area contributed by atoms with Gasteiger partial charge < -0.3 is 15.5 Å². The molecule has 3 aromatic rings. The van der Waals surface area contributed by atoms with Crippen LogP contribution in [0.25, 0.3) is 11.1 Å². The van der Waals surface area contributed by atoms with Gasteiger partial charge in [-0.15, -0.1) is 11.3 Å². The SMILES string of the molecule is CC(Nc1nc2c(N)cccc2o1)c1cccs1.